The summed E-state index contributed by atoms with van der Waals surface area (Å²) in [5.41, 5.74) is 2.58. The maximum absolute atomic E-state index is 8.81. The third kappa shape index (κ3) is 2.42. The van der Waals surface area contributed by atoms with E-state index in [1.807, 2.05) is 19.2 Å². The van der Waals surface area contributed by atoms with Crippen molar-refractivity contribution in [1.29, 1.82) is 5.26 Å². The molecule has 90 valence electrons. The fraction of sp³-hybridized carbons (Fsp3) is 0.500. The molecule has 1 aromatic rings. The van der Waals surface area contributed by atoms with Gasteiger partial charge in [0, 0.05) is 6.04 Å². The lowest BCUT2D eigenvalue weighted by Gasteiger charge is -2.27. The zero-order chi connectivity index (χ0) is 12.3. The SMILES string of the molecule is CNC1CCCc2c(OC(C)C#N)cccc21. The van der Waals surface area contributed by atoms with Gasteiger partial charge in [0.2, 0.25) is 0 Å². The fourth-order valence-electron chi connectivity index (χ4n) is 2.44. The number of fused-ring (bicyclic) bond motifs is 1. The van der Waals surface area contributed by atoms with Crippen LogP contribution >= 0.6 is 0 Å². The van der Waals surface area contributed by atoms with Crippen LogP contribution in [0.3, 0.4) is 0 Å². The van der Waals surface area contributed by atoms with Crippen LogP contribution in [0.15, 0.2) is 18.2 Å². The minimum atomic E-state index is -0.392. The molecule has 1 aliphatic rings. The highest BCUT2D eigenvalue weighted by molar-refractivity contribution is 5.43. The molecule has 2 rings (SSSR count). The van der Waals surface area contributed by atoms with Crippen molar-refractivity contribution < 1.29 is 4.74 Å². The van der Waals surface area contributed by atoms with Crippen LogP contribution in [0.1, 0.15) is 36.9 Å². The lowest BCUT2D eigenvalue weighted by molar-refractivity contribution is 0.271. The van der Waals surface area contributed by atoms with Gasteiger partial charge in [0.15, 0.2) is 6.10 Å². The second-order valence-electron chi connectivity index (χ2n) is 4.45. The highest BCUT2D eigenvalue weighted by Crippen LogP contribution is 2.35. The average molecular weight is 230 g/mol. The number of nitrogens with zero attached hydrogens (tertiary/aromatic N) is 1. The first kappa shape index (κ1) is 11.9. The summed E-state index contributed by atoms with van der Waals surface area (Å²) in [5, 5.41) is 12.1. The predicted octanol–water partition coefficient (Wildman–Crippen LogP) is 2.57. The lowest BCUT2D eigenvalue weighted by Crippen LogP contribution is -2.22. The van der Waals surface area contributed by atoms with E-state index in [2.05, 4.69) is 17.5 Å². The third-order valence-electron chi connectivity index (χ3n) is 3.30. The van der Waals surface area contributed by atoms with Crippen molar-refractivity contribution in [1.82, 2.24) is 5.32 Å². The molecule has 0 saturated carbocycles. The van der Waals surface area contributed by atoms with Crippen LogP contribution in [-0.4, -0.2) is 13.2 Å². The van der Waals surface area contributed by atoms with E-state index in [-0.39, 0.29) is 0 Å². The Bertz CT molecular complexity index is 436. The van der Waals surface area contributed by atoms with Crippen molar-refractivity contribution in [2.75, 3.05) is 7.05 Å². The van der Waals surface area contributed by atoms with E-state index < -0.39 is 6.10 Å². The highest BCUT2D eigenvalue weighted by Gasteiger charge is 2.21. The third-order valence-corrected chi connectivity index (χ3v) is 3.30. The summed E-state index contributed by atoms with van der Waals surface area (Å²) in [6.07, 6.45) is 2.99. The largest absolute Gasteiger partial charge is 0.476 e. The van der Waals surface area contributed by atoms with E-state index in [0.717, 1.165) is 12.2 Å². The van der Waals surface area contributed by atoms with Gasteiger partial charge in [-0.3, -0.25) is 0 Å². The molecule has 1 N–H and O–H groups in total. The molecule has 1 aromatic carbocycles. The van der Waals surface area contributed by atoms with Crippen LogP contribution in [0.5, 0.6) is 5.75 Å². The van der Waals surface area contributed by atoms with Crippen molar-refractivity contribution >= 4 is 0 Å². The second-order valence-corrected chi connectivity index (χ2v) is 4.45. The molecule has 0 heterocycles. The van der Waals surface area contributed by atoms with Gasteiger partial charge in [-0.05, 0) is 50.4 Å². The topological polar surface area (TPSA) is 45.0 Å². The number of ether oxygens (including phenoxy) is 1. The van der Waals surface area contributed by atoms with Crippen LogP contribution < -0.4 is 10.1 Å². The van der Waals surface area contributed by atoms with E-state index in [1.54, 1.807) is 6.92 Å². The van der Waals surface area contributed by atoms with Gasteiger partial charge in [-0.2, -0.15) is 5.26 Å². The maximum atomic E-state index is 8.81. The number of nitrogens with one attached hydrogen (secondary N) is 1. The quantitative estimate of drug-likeness (QED) is 0.868. The number of benzene rings is 1. The Hall–Kier alpha value is -1.53. The molecule has 0 fully saturated rings. The molecular formula is C14H18N2O. The molecule has 0 aromatic heterocycles. The Kier molecular flexibility index (Phi) is 3.65. The molecule has 0 saturated heterocycles. The predicted molar refractivity (Wildman–Crippen MR) is 66.9 cm³/mol. The summed E-state index contributed by atoms with van der Waals surface area (Å²) >= 11 is 0. The van der Waals surface area contributed by atoms with E-state index >= 15 is 0 Å². The van der Waals surface area contributed by atoms with Gasteiger partial charge >= 0.3 is 0 Å². The molecule has 0 aliphatic heterocycles. The first-order chi connectivity index (χ1) is 8.26. The molecular weight excluding hydrogens is 212 g/mol. The van der Waals surface area contributed by atoms with Crippen molar-refractivity contribution in [2.45, 2.75) is 38.3 Å². The van der Waals surface area contributed by atoms with Crippen LogP contribution in [0.25, 0.3) is 0 Å². The number of hydrogen-bond donors (Lipinski definition) is 1. The average Bonchev–Trinajstić information content (AvgIpc) is 2.38. The van der Waals surface area contributed by atoms with E-state index in [4.69, 9.17) is 10.00 Å². The molecule has 1 aliphatic carbocycles. The summed E-state index contributed by atoms with van der Waals surface area (Å²) in [6, 6.07) is 8.65. The highest BCUT2D eigenvalue weighted by atomic mass is 16.5. The Balaban J connectivity index is 2.33. The van der Waals surface area contributed by atoms with Gasteiger partial charge in [0.25, 0.3) is 0 Å². The van der Waals surface area contributed by atoms with Crippen LogP contribution in [0, 0.1) is 11.3 Å². The van der Waals surface area contributed by atoms with Gasteiger partial charge < -0.3 is 10.1 Å². The number of hydrogen-bond acceptors (Lipinski definition) is 3. The molecule has 0 spiro atoms. The van der Waals surface area contributed by atoms with E-state index in [1.165, 1.54) is 24.0 Å². The number of rotatable bonds is 3. The Labute approximate surface area is 102 Å². The van der Waals surface area contributed by atoms with Crippen molar-refractivity contribution in [2.24, 2.45) is 0 Å². The van der Waals surface area contributed by atoms with Gasteiger partial charge in [-0.25, -0.2) is 0 Å². The number of nitriles is 1. The molecule has 2 unspecified atom stereocenters. The zero-order valence-corrected chi connectivity index (χ0v) is 10.4. The summed E-state index contributed by atoms with van der Waals surface area (Å²) in [7, 11) is 1.99. The normalized spacial score (nSPS) is 20.2. The lowest BCUT2D eigenvalue weighted by atomic mass is 9.87. The van der Waals surface area contributed by atoms with Gasteiger partial charge in [-0.1, -0.05) is 12.1 Å². The second kappa shape index (κ2) is 5.20. The maximum Gasteiger partial charge on any atom is 0.181 e. The Morgan fingerprint density at radius 1 is 1.53 bits per heavy atom. The van der Waals surface area contributed by atoms with E-state index in [0.29, 0.717) is 6.04 Å². The molecule has 17 heavy (non-hydrogen) atoms. The summed E-state index contributed by atoms with van der Waals surface area (Å²) in [4.78, 5) is 0. The van der Waals surface area contributed by atoms with Crippen molar-refractivity contribution in [3.63, 3.8) is 0 Å². The zero-order valence-electron chi connectivity index (χ0n) is 10.4. The first-order valence-electron chi connectivity index (χ1n) is 6.11. The van der Waals surface area contributed by atoms with Gasteiger partial charge in [0.05, 0.1) is 0 Å². The monoisotopic (exact) mass is 230 g/mol. The molecule has 0 radical (unpaired) electrons. The summed E-state index contributed by atoms with van der Waals surface area (Å²) in [5.74, 6) is 0.872. The van der Waals surface area contributed by atoms with Crippen LogP contribution in [0.4, 0.5) is 0 Å². The molecule has 3 heteroatoms. The minimum absolute atomic E-state index is 0.392. The molecule has 2 atom stereocenters. The van der Waals surface area contributed by atoms with Crippen molar-refractivity contribution in [3.05, 3.63) is 29.3 Å². The molecule has 0 amide bonds. The van der Waals surface area contributed by atoms with Crippen molar-refractivity contribution in [3.8, 4) is 11.8 Å². The minimum Gasteiger partial charge on any atom is -0.476 e. The first-order valence-corrected chi connectivity index (χ1v) is 6.11. The molecule has 0 bridgehead atoms. The van der Waals surface area contributed by atoms with Crippen LogP contribution in [0.2, 0.25) is 0 Å². The summed E-state index contributed by atoms with van der Waals surface area (Å²) < 4.78 is 5.67. The Morgan fingerprint density at radius 3 is 3.06 bits per heavy atom. The smallest absolute Gasteiger partial charge is 0.181 e. The van der Waals surface area contributed by atoms with Gasteiger partial charge in [-0.15, -0.1) is 0 Å². The Morgan fingerprint density at radius 2 is 2.35 bits per heavy atom. The fourth-order valence-corrected chi connectivity index (χ4v) is 2.44. The standard InChI is InChI=1S/C14H18N2O/c1-10(9-15)17-14-8-4-5-11-12(14)6-3-7-13(11)16-2/h4-5,8,10,13,16H,3,6-7H2,1-2H3. The van der Waals surface area contributed by atoms with Crippen LogP contribution in [-0.2, 0) is 6.42 Å². The summed E-state index contributed by atoms with van der Waals surface area (Å²) in [6.45, 7) is 1.78. The van der Waals surface area contributed by atoms with Gasteiger partial charge in [0.1, 0.15) is 11.8 Å². The van der Waals surface area contributed by atoms with E-state index in [9.17, 15) is 0 Å². The molecule has 3 nitrogen and oxygen atoms in total.